The number of anilines is 3. The molecule has 0 amide bonds. The highest BCUT2D eigenvalue weighted by Gasteiger charge is 2.60. The number of pyridine rings is 2. The van der Waals surface area contributed by atoms with Crippen molar-refractivity contribution in [2.24, 2.45) is 0 Å². The van der Waals surface area contributed by atoms with Crippen molar-refractivity contribution in [3.8, 4) is 45.1 Å². The number of ether oxygens (including phenoxy) is 1. The molecule has 2 aromatic heterocycles. The van der Waals surface area contributed by atoms with Crippen LogP contribution in [0.2, 0.25) is 0 Å². The summed E-state index contributed by atoms with van der Waals surface area (Å²) >= 11 is 0. The Bertz CT molecular complexity index is 3940. The van der Waals surface area contributed by atoms with Gasteiger partial charge in [0.25, 0.3) is 0 Å². The van der Waals surface area contributed by atoms with Gasteiger partial charge in [0.15, 0.2) is 11.5 Å². The second-order valence-corrected chi connectivity index (χ2v) is 19.5. The third-order valence-electron chi connectivity index (χ3n) is 16.5. The van der Waals surface area contributed by atoms with E-state index in [2.05, 4.69) is 217 Å². The van der Waals surface area contributed by atoms with Gasteiger partial charge in [-0.2, -0.15) is 0 Å². The number of nitrogens with zero attached hydrogens (tertiary/aromatic N) is 3. The molecule has 4 aliphatic carbocycles. The first-order valence-corrected chi connectivity index (χ1v) is 24.6. The fourth-order valence-corrected chi connectivity index (χ4v) is 14.0. The van der Waals surface area contributed by atoms with Gasteiger partial charge in [-0.05, 0) is 126 Å². The molecular weight excluding hydrogens is 863 g/mol. The average Bonchev–Trinajstić information content (AvgIpc) is 4.03. The molecule has 2 spiro atoms. The van der Waals surface area contributed by atoms with Gasteiger partial charge in [-0.15, -0.1) is 0 Å². The lowest BCUT2D eigenvalue weighted by atomic mass is 9.51. The Kier molecular flexibility index (Phi) is 7.65. The monoisotopic (exact) mass is 903 g/mol. The van der Waals surface area contributed by atoms with Crippen molar-refractivity contribution in [1.82, 2.24) is 9.97 Å². The maximum Gasteiger partial charge on any atom is 0.151 e. The first-order valence-electron chi connectivity index (χ1n) is 24.6. The van der Waals surface area contributed by atoms with E-state index in [-0.39, 0.29) is 0 Å². The van der Waals surface area contributed by atoms with E-state index in [1.54, 1.807) is 0 Å². The van der Waals surface area contributed by atoms with Crippen LogP contribution in [0.3, 0.4) is 0 Å². The van der Waals surface area contributed by atoms with Gasteiger partial charge in [0.1, 0.15) is 0 Å². The standard InChI is InChI=1S/C67H41N3O/c1-3-20-42(21-4-1)65(43-22-5-2-6-23-43)52-30-13-14-31-53(52)67(54-32-19-37-68-63(54)64-58(67)38-44(41-69-64)70-59-33-15-17-35-61(59)71-62-36-18-16-34-60(62)70)56-39-48-47-26-9-12-29-51(47)66(55(48)40-57(56)65)49-27-10-7-24-45(49)46-25-8-11-28-50(46)66/h1-41H. The van der Waals surface area contributed by atoms with Gasteiger partial charge in [-0.3, -0.25) is 9.97 Å². The molecule has 4 heteroatoms. The predicted octanol–water partition coefficient (Wildman–Crippen LogP) is 15.5. The summed E-state index contributed by atoms with van der Waals surface area (Å²) in [4.78, 5) is 13.1. The molecule has 4 nitrogen and oxygen atoms in total. The molecule has 0 N–H and O–H groups in total. The lowest BCUT2D eigenvalue weighted by Gasteiger charge is -2.50. The third-order valence-corrected chi connectivity index (χ3v) is 16.5. The molecule has 0 bridgehead atoms. The Labute approximate surface area is 411 Å². The fourth-order valence-electron chi connectivity index (χ4n) is 14.0. The molecule has 0 saturated heterocycles. The molecule has 16 rings (SSSR count). The van der Waals surface area contributed by atoms with Crippen molar-refractivity contribution in [3.63, 3.8) is 0 Å². The largest absolute Gasteiger partial charge is 0.453 e. The SMILES string of the molecule is c1ccc(C2(c3ccccc3)c3ccccc3C3(c4cc5c(cc42)C2(c4ccccc4-c4ccccc42)c2ccccc2-5)c2cccnc2-c2ncc(N4c5ccccc5Oc5ccccc54)cc23)cc1. The van der Waals surface area contributed by atoms with E-state index in [4.69, 9.17) is 14.7 Å². The Morgan fingerprint density at radius 2 is 0.761 bits per heavy atom. The van der Waals surface area contributed by atoms with E-state index in [9.17, 15) is 0 Å². The second kappa shape index (κ2) is 14.0. The van der Waals surface area contributed by atoms with Crippen LogP contribution in [0.5, 0.6) is 11.5 Å². The summed E-state index contributed by atoms with van der Waals surface area (Å²) in [7, 11) is 0. The van der Waals surface area contributed by atoms with E-state index < -0.39 is 16.2 Å². The van der Waals surface area contributed by atoms with E-state index in [1.807, 2.05) is 36.7 Å². The van der Waals surface area contributed by atoms with Crippen LogP contribution in [0.15, 0.2) is 249 Å². The Morgan fingerprint density at radius 3 is 1.37 bits per heavy atom. The molecular formula is C67H41N3O. The average molecular weight is 904 g/mol. The van der Waals surface area contributed by atoms with Crippen LogP contribution < -0.4 is 9.64 Å². The van der Waals surface area contributed by atoms with Gasteiger partial charge in [0.2, 0.25) is 0 Å². The third kappa shape index (κ3) is 4.66. The van der Waals surface area contributed by atoms with Gasteiger partial charge < -0.3 is 9.64 Å². The van der Waals surface area contributed by atoms with Crippen molar-refractivity contribution in [2.45, 2.75) is 16.2 Å². The molecule has 0 saturated carbocycles. The minimum atomic E-state index is -0.850. The maximum atomic E-state index is 6.57. The molecule has 1 unspecified atom stereocenters. The number of hydrogen-bond acceptors (Lipinski definition) is 4. The van der Waals surface area contributed by atoms with Gasteiger partial charge in [0, 0.05) is 11.8 Å². The number of para-hydroxylation sites is 4. The number of aromatic nitrogens is 2. The minimum absolute atomic E-state index is 0.559. The first-order chi connectivity index (χ1) is 35.2. The quantitative estimate of drug-likeness (QED) is 0.177. The highest BCUT2D eigenvalue weighted by atomic mass is 16.5. The van der Waals surface area contributed by atoms with Crippen molar-refractivity contribution >= 4 is 17.1 Å². The van der Waals surface area contributed by atoms with Crippen LogP contribution in [0.4, 0.5) is 17.1 Å². The zero-order valence-electron chi connectivity index (χ0n) is 38.4. The van der Waals surface area contributed by atoms with Crippen LogP contribution in [0.1, 0.15) is 66.8 Å². The van der Waals surface area contributed by atoms with Gasteiger partial charge >= 0.3 is 0 Å². The summed E-state index contributed by atoms with van der Waals surface area (Å²) in [6.45, 7) is 0. The minimum Gasteiger partial charge on any atom is -0.453 e. The van der Waals surface area contributed by atoms with Gasteiger partial charge in [-0.1, -0.05) is 194 Å². The highest BCUT2D eigenvalue weighted by Crippen LogP contribution is 2.69. The molecule has 5 aliphatic rings. The lowest BCUT2D eigenvalue weighted by Crippen LogP contribution is -2.45. The molecule has 3 heterocycles. The maximum absolute atomic E-state index is 6.57. The smallest absolute Gasteiger partial charge is 0.151 e. The highest BCUT2D eigenvalue weighted by molar-refractivity contribution is 5.98. The first kappa shape index (κ1) is 38.8. The molecule has 1 atom stereocenters. The Hall–Kier alpha value is -9.12. The zero-order valence-corrected chi connectivity index (χ0v) is 38.4. The van der Waals surface area contributed by atoms with E-state index in [1.165, 1.54) is 77.9 Å². The van der Waals surface area contributed by atoms with Crippen molar-refractivity contribution < 1.29 is 4.74 Å². The van der Waals surface area contributed by atoms with E-state index in [0.717, 1.165) is 51.1 Å². The van der Waals surface area contributed by atoms with Crippen molar-refractivity contribution in [3.05, 3.63) is 316 Å². The summed E-state index contributed by atoms with van der Waals surface area (Å²) in [5.74, 6) is 1.60. The molecule has 0 radical (unpaired) electrons. The zero-order chi connectivity index (χ0) is 46.5. The number of rotatable bonds is 3. The van der Waals surface area contributed by atoms with Crippen molar-refractivity contribution in [1.29, 1.82) is 0 Å². The van der Waals surface area contributed by atoms with E-state index in [0.29, 0.717) is 0 Å². The van der Waals surface area contributed by atoms with Crippen LogP contribution >= 0.6 is 0 Å². The Balaban J connectivity index is 1.10. The topological polar surface area (TPSA) is 38.2 Å². The Morgan fingerprint density at radius 1 is 0.310 bits per heavy atom. The molecule has 330 valence electrons. The van der Waals surface area contributed by atoms with Gasteiger partial charge in [0.05, 0.1) is 50.9 Å². The summed E-state index contributed by atoms with van der Waals surface area (Å²) < 4.78 is 6.57. The molecule has 11 aromatic rings. The molecule has 0 fully saturated rings. The van der Waals surface area contributed by atoms with E-state index >= 15 is 0 Å². The summed E-state index contributed by atoms with van der Waals surface area (Å²) in [6, 6.07) is 87.9. The molecule has 1 aliphatic heterocycles. The normalized spacial score (nSPS) is 16.8. The van der Waals surface area contributed by atoms with Crippen LogP contribution in [0, 0.1) is 0 Å². The van der Waals surface area contributed by atoms with Gasteiger partial charge in [-0.25, -0.2) is 0 Å². The van der Waals surface area contributed by atoms with Crippen LogP contribution in [-0.2, 0) is 16.2 Å². The summed E-state index contributed by atoms with van der Waals surface area (Å²) in [5.41, 5.74) is 22.4. The lowest BCUT2D eigenvalue weighted by molar-refractivity contribution is 0.477. The summed E-state index contributed by atoms with van der Waals surface area (Å²) in [5, 5.41) is 0. The number of fused-ring (bicyclic) bond motifs is 21. The van der Waals surface area contributed by atoms with Crippen molar-refractivity contribution in [2.75, 3.05) is 4.90 Å². The molecule has 9 aromatic carbocycles. The predicted molar refractivity (Wildman–Crippen MR) is 282 cm³/mol. The molecule has 71 heavy (non-hydrogen) atoms. The fraction of sp³-hybridized carbons (Fsp3) is 0.0448. The number of hydrogen-bond donors (Lipinski definition) is 0. The number of benzene rings is 9. The second-order valence-electron chi connectivity index (χ2n) is 19.5. The summed E-state index contributed by atoms with van der Waals surface area (Å²) in [6.07, 6.45) is 3.96. The van der Waals surface area contributed by atoms with Crippen LogP contribution in [0.25, 0.3) is 33.6 Å². The van der Waals surface area contributed by atoms with Crippen LogP contribution in [-0.4, -0.2) is 9.97 Å².